The fourth-order valence-electron chi connectivity index (χ4n) is 1.89. The zero-order valence-electron chi connectivity index (χ0n) is 8.85. The lowest BCUT2D eigenvalue weighted by atomic mass is 10.0. The molecule has 84 valence electrons. The number of hydrogen-bond donors (Lipinski definition) is 1. The first-order valence-electron chi connectivity index (χ1n) is 5.14. The van der Waals surface area contributed by atoms with Crippen LogP contribution in [0.15, 0.2) is 47.0 Å². The zero-order chi connectivity index (χ0) is 11.8. The minimum atomic E-state index is -0.253. The SMILES string of the molecule is Nc1ncc(-c2ccc(F)c3ccccc23)o1. The number of aromatic nitrogens is 1. The van der Waals surface area contributed by atoms with E-state index in [1.807, 2.05) is 12.1 Å². The number of anilines is 1. The summed E-state index contributed by atoms with van der Waals surface area (Å²) in [7, 11) is 0. The van der Waals surface area contributed by atoms with Crippen molar-refractivity contribution in [3.8, 4) is 11.3 Å². The average Bonchev–Trinajstić information content (AvgIpc) is 2.77. The third-order valence-electron chi connectivity index (χ3n) is 2.66. The van der Waals surface area contributed by atoms with Crippen LogP contribution in [0.4, 0.5) is 10.4 Å². The van der Waals surface area contributed by atoms with E-state index in [2.05, 4.69) is 4.98 Å². The average molecular weight is 228 g/mol. The van der Waals surface area contributed by atoms with Crippen molar-refractivity contribution in [2.45, 2.75) is 0 Å². The van der Waals surface area contributed by atoms with E-state index in [1.165, 1.54) is 12.3 Å². The molecule has 0 radical (unpaired) electrons. The van der Waals surface area contributed by atoms with Crippen molar-refractivity contribution >= 4 is 16.8 Å². The Morgan fingerprint density at radius 3 is 2.53 bits per heavy atom. The number of hydrogen-bond acceptors (Lipinski definition) is 3. The molecule has 4 heteroatoms. The molecule has 0 aliphatic heterocycles. The summed E-state index contributed by atoms with van der Waals surface area (Å²) in [6, 6.07) is 10.4. The molecule has 0 bridgehead atoms. The maximum Gasteiger partial charge on any atom is 0.292 e. The van der Waals surface area contributed by atoms with Gasteiger partial charge in [0.25, 0.3) is 6.01 Å². The summed E-state index contributed by atoms with van der Waals surface area (Å²) in [4.78, 5) is 3.84. The summed E-state index contributed by atoms with van der Waals surface area (Å²) in [6.07, 6.45) is 1.54. The zero-order valence-corrected chi connectivity index (χ0v) is 8.85. The molecule has 0 aliphatic rings. The van der Waals surface area contributed by atoms with Crippen molar-refractivity contribution in [3.63, 3.8) is 0 Å². The maximum atomic E-state index is 13.6. The molecule has 0 spiro atoms. The Morgan fingerprint density at radius 1 is 1.06 bits per heavy atom. The van der Waals surface area contributed by atoms with Crippen molar-refractivity contribution in [3.05, 3.63) is 48.4 Å². The molecule has 2 aromatic carbocycles. The van der Waals surface area contributed by atoms with Gasteiger partial charge in [0, 0.05) is 10.9 Å². The molecule has 1 heterocycles. The molecule has 0 aliphatic carbocycles. The predicted molar refractivity (Wildman–Crippen MR) is 63.8 cm³/mol. The molecular formula is C13H9FN2O. The summed E-state index contributed by atoms with van der Waals surface area (Å²) >= 11 is 0. The van der Waals surface area contributed by atoms with Gasteiger partial charge >= 0.3 is 0 Å². The Labute approximate surface area is 96.7 Å². The Balaban J connectivity index is 2.34. The fraction of sp³-hybridized carbons (Fsp3) is 0. The molecule has 2 N–H and O–H groups in total. The summed E-state index contributed by atoms with van der Waals surface area (Å²) in [5.41, 5.74) is 6.22. The van der Waals surface area contributed by atoms with Gasteiger partial charge in [0.2, 0.25) is 0 Å². The largest absolute Gasteiger partial charge is 0.424 e. The summed E-state index contributed by atoms with van der Waals surface area (Å²) < 4.78 is 18.9. The van der Waals surface area contributed by atoms with E-state index in [0.717, 1.165) is 10.9 Å². The third kappa shape index (κ3) is 1.54. The third-order valence-corrected chi connectivity index (χ3v) is 2.66. The number of nitrogens with zero attached hydrogens (tertiary/aromatic N) is 1. The van der Waals surface area contributed by atoms with E-state index in [4.69, 9.17) is 10.2 Å². The summed E-state index contributed by atoms with van der Waals surface area (Å²) in [5.74, 6) is 0.288. The van der Waals surface area contributed by atoms with Crippen LogP contribution in [-0.2, 0) is 0 Å². The molecule has 1 aromatic heterocycles. The van der Waals surface area contributed by atoms with Crippen LogP contribution in [0.3, 0.4) is 0 Å². The van der Waals surface area contributed by atoms with Gasteiger partial charge in [-0.15, -0.1) is 0 Å². The molecule has 0 atom stereocenters. The number of halogens is 1. The van der Waals surface area contributed by atoms with E-state index in [1.54, 1.807) is 18.2 Å². The minimum absolute atomic E-state index is 0.105. The van der Waals surface area contributed by atoms with E-state index in [9.17, 15) is 4.39 Å². The first kappa shape index (κ1) is 9.84. The lowest BCUT2D eigenvalue weighted by Gasteiger charge is -2.04. The van der Waals surface area contributed by atoms with Crippen LogP contribution < -0.4 is 5.73 Å². The van der Waals surface area contributed by atoms with Crippen LogP contribution >= 0.6 is 0 Å². The highest BCUT2D eigenvalue weighted by Crippen LogP contribution is 2.30. The highest BCUT2D eigenvalue weighted by molar-refractivity contribution is 5.95. The lowest BCUT2D eigenvalue weighted by Crippen LogP contribution is -1.83. The van der Waals surface area contributed by atoms with Gasteiger partial charge in [-0.25, -0.2) is 9.37 Å². The molecular weight excluding hydrogens is 219 g/mol. The first-order chi connectivity index (χ1) is 8.25. The van der Waals surface area contributed by atoms with Gasteiger partial charge in [0.05, 0.1) is 6.20 Å². The highest BCUT2D eigenvalue weighted by atomic mass is 19.1. The van der Waals surface area contributed by atoms with Crippen molar-refractivity contribution < 1.29 is 8.81 Å². The minimum Gasteiger partial charge on any atom is -0.424 e. The quantitative estimate of drug-likeness (QED) is 0.695. The number of rotatable bonds is 1. The van der Waals surface area contributed by atoms with Crippen molar-refractivity contribution in [1.82, 2.24) is 4.98 Å². The number of fused-ring (bicyclic) bond motifs is 1. The second-order valence-electron chi connectivity index (χ2n) is 3.70. The summed E-state index contributed by atoms with van der Waals surface area (Å²) in [5, 5.41) is 1.34. The van der Waals surface area contributed by atoms with Crippen LogP contribution in [0.1, 0.15) is 0 Å². The second-order valence-corrected chi connectivity index (χ2v) is 3.70. The van der Waals surface area contributed by atoms with Crippen LogP contribution in [0.2, 0.25) is 0 Å². The maximum absolute atomic E-state index is 13.6. The molecule has 0 unspecified atom stereocenters. The van der Waals surface area contributed by atoms with Gasteiger partial charge in [-0.2, -0.15) is 0 Å². The molecule has 3 nitrogen and oxygen atoms in total. The van der Waals surface area contributed by atoms with Gasteiger partial charge in [-0.3, -0.25) is 0 Å². The number of nitrogen functional groups attached to an aromatic ring is 1. The topological polar surface area (TPSA) is 52.0 Å². The monoisotopic (exact) mass is 228 g/mol. The van der Waals surface area contributed by atoms with E-state index in [-0.39, 0.29) is 11.8 Å². The smallest absolute Gasteiger partial charge is 0.292 e. The normalized spacial score (nSPS) is 10.9. The Bertz CT molecular complexity index is 691. The second kappa shape index (κ2) is 3.59. The van der Waals surface area contributed by atoms with Gasteiger partial charge in [-0.05, 0) is 17.5 Å². The van der Waals surface area contributed by atoms with Crippen LogP contribution in [0.5, 0.6) is 0 Å². The van der Waals surface area contributed by atoms with Crippen LogP contribution in [-0.4, -0.2) is 4.98 Å². The van der Waals surface area contributed by atoms with Crippen molar-refractivity contribution in [2.75, 3.05) is 5.73 Å². The first-order valence-corrected chi connectivity index (χ1v) is 5.14. The van der Waals surface area contributed by atoms with Gasteiger partial charge in [0.1, 0.15) is 5.82 Å². The molecule has 0 fully saturated rings. The van der Waals surface area contributed by atoms with Gasteiger partial charge in [0.15, 0.2) is 5.76 Å². The molecule has 17 heavy (non-hydrogen) atoms. The van der Waals surface area contributed by atoms with E-state index in [0.29, 0.717) is 11.1 Å². The predicted octanol–water partition coefficient (Wildman–Crippen LogP) is 3.22. The fourth-order valence-corrected chi connectivity index (χ4v) is 1.89. The standard InChI is InChI=1S/C13H9FN2O/c14-11-6-5-10(12-7-16-13(15)17-12)8-3-1-2-4-9(8)11/h1-7H,(H2,15,16). The lowest BCUT2D eigenvalue weighted by molar-refractivity contribution is 0.595. The molecule has 0 amide bonds. The van der Waals surface area contributed by atoms with Crippen molar-refractivity contribution in [1.29, 1.82) is 0 Å². The Morgan fingerprint density at radius 2 is 1.82 bits per heavy atom. The molecule has 0 saturated heterocycles. The molecule has 3 rings (SSSR count). The Kier molecular flexibility index (Phi) is 2.08. The number of oxazole rings is 1. The summed E-state index contributed by atoms with van der Waals surface area (Å²) in [6.45, 7) is 0. The van der Waals surface area contributed by atoms with Crippen LogP contribution in [0.25, 0.3) is 22.1 Å². The van der Waals surface area contributed by atoms with Gasteiger partial charge in [-0.1, -0.05) is 24.3 Å². The molecule has 3 aromatic rings. The number of benzene rings is 2. The molecule has 0 saturated carbocycles. The number of nitrogens with two attached hydrogens (primary N) is 1. The van der Waals surface area contributed by atoms with Gasteiger partial charge < -0.3 is 10.2 Å². The Hall–Kier alpha value is -2.36. The van der Waals surface area contributed by atoms with E-state index >= 15 is 0 Å². The van der Waals surface area contributed by atoms with E-state index < -0.39 is 0 Å². The highest BCUT2D eigenvalue weighted by Gasteiger charge is 2.10. The van der Waals surface area contributed by atoms with Crippen molar-refractivity contribution in [2.24, 2.45) is 0 Å². The van der Waals surface area contributed by atoms with Crippen LogP contribution in [0, 0.1) is 5.82 Å².